The maximum absolute atomic E-state index is 10.8. The molecule has 0 aromatic carbocycles. The van der Waals surface area contributed by atoms with Crippen molar-refractivity contribution in [2.45, 2.75) is 39.2 Å². The Balaban J connectivity index is 2.19. The van der Waals surface area contributed by atoms with Gasteiger partial charge >= 0.3 is 5.97 Å². The Bertz CT molecular complexity index is 386. The molecular weight excluding hydrogens is 194 g/mol. The van der Waals surface area contributed by atoms with E-state index in [1.807, 2.05) is 11.5 Å². The van der Waals surface area contributed by atoms with Gasteiger partial charge in [0.25, 0.3) is 0 Å². The third-order valence-corrected chi connectivity index (χ3v) is 2.85. The highest BCUT2D eigenvalue weighted by atomic mass is 16.4. The molecule has 0 radical (unpaired) electrons. The summed E-state index contributed by atoms with van der Waals surface area (Å²) in [4.78, 5) is 10.8. The zero-order valence-electron chi connectivity index (χ0n) is 8.97. The molecule has 0 aliphatic heterocycles. The fraction of sp³-hybridized carbons (Fsp3) is 0.700. The van der Waals surface area contributed by atoms with E-state index in [1.54, 1.807) is 0 Å². The third kappa shape index (κ3) is 1.73. The maximum atomic E-state index is 10.8. The average molecular weight is 209 g/mol. The number of aryl methyl sites for hydroxylation is 1. The first-order valence-electron chi connectivity index (χ1n) is 5.27. The van der Waals surface area contributed by atoms with Crippen molar-refractivity contribution >= 4 is 5.97 Å². The van der Waals surface area contributed by atoms with Crippen molar-refractivity contribution in [3.8, 4) is 0 Å². The van der Waals surface area contributed by atoms with Gasteiger partial charge in [-0.1, -0.05) is 6.92 Å². The Morgan fingerprint density at radius 3 is 2.87 bits per heavy atom. The second-order valence-electron chi connectivity index (χ2n) is 4.04. The first-order valence-corrected chi connectivity index (χ1v) is 5.27. The molecule has 1 saturated carbocycles. The Morgan fingerprint density at radius 2 is 2.33 bits per heavy atom. The predicted molar refractivity (Wildman–Crippen MR) is 53.5 cm³/mol. The summed E-state index contributed by atoms with van der Waals surface area (Å²) < 4.78 is 2.04. The van der Waals surface area contributed by atoms with E-state index in [2.05, 4.69) is 17.1 Å². The number of carbonyl (C=O) groups is 1. The minimum atomic E-state index is -0.719. The molecule has 2 rings (SSSR count). The number of aliphatic carboxylic acids is 1. The quantitative estimate of drug-likeness (QED) is 0.808. The molecule has 1 aromatic rings. The van der Waals surface area contributed by atoms with Crippen LogP contribution in [-0.2, 0) is 11.3 Å². The topological polar surface area (TPSA) is 68.0 Å². The van der Waals surface area contributed by atoms with Crippen LogP contribution in [0.5, 0.6) is 0 Å². The third-order valence-electron chi connectivity index (χ3n) is 2.85. The van der Waals surface area contributed by atoms with Crippen molar-refractivity contribution in [1.29, 1.82) is 0 Å². The van der Waals surface area contributed by atoms with E-state index in [-0.39, 0.29) is 11.8 Å². The van der Waals surface area contributed by atoms with Crippen LogP contribution < -0.4 is 0 Å². The van der Waals surface area contributed by atoms with Crippen LogP contribution in [0.15, 0.2) is 0 Å². The van der Waals surface area contributed by atoms with Crippen molar-refractivity contribution in [2.24, 2.45) is 5.92 Å². The zero-order valence-corrected chi connectivity index (χ0v) is 8.97. The smallest absolute Gasteiger partial charge is 0.307 e. The summed E-state index contributed by atoms with van der Waals surface area (Å²) in [5.74, 6) is 0.841. The van der Waals surface area contributed by atoms with Crippen LogP contribution in [0.3, 0.4) is 0 Å². The Kier molecular flexibility index (Phi) is 2.46. The summed E-state index contributed by atoms with van der Waals surface area (Å²) in [7, 11) is 0. The number of rotatable bonds is 4. The largest absolute Gasteiger partial charge is 0.481 e. The lowest BCUT2D eigenvalue weighted by molar-refractivity contribution is -0.138. The molecule has 0 spiro atoms. The number of carboxylic acids is 1. The van der Waals surface area contributed by atoms with E-state index < -0.39 is 5.97 Å². The molecule has 1 aliphatic carbocycles. The molecule has 1 aliphatic rings. The van der Waals surface area contributed by atoms with Crippen LogP contribution in [0, 0.1) is 12.8 Å². The average Bonchev–Trinajstić information content (AvgIpc) is 2.90. The van der Waals surface area contributed by atoms with Gasteiger partial charge < -0.3 is 9.67 Å². The van der Waals surface area contributed by atoms with Crippen LogP contribution in [0.1, 0.15) is 37.3 Å². The first kappa shape index (κ1) is 10.1. The van der Waals surface area contributed by atoms with Gasteiger partial charge in [-0.25, -0.2) is 0 Å². The molecule has 5 nitrogen and oxygen atoms in total. The molecule has 1 aromatic heterocycles. The lowest BCUT2D eigenvalue weighted by Gasteiger charge is -2.05. The predicted octanol–water partition coefficient (Wildman–Crippen LogP) is 1.18. The first-order chi connectivity index (χ1) is 7.15. The van der Waals surface area contributed by atoms with Gasteiger partial charge in [0.1, 0.15) is 11.6 Å². The highest BCUT2D eigenvalue weighted by Crippen LogP contribution is 2.46. The lowest BCUT2D eigenvalue weighted by atomic mass is 10.3. The Morgan fingerprint density at radius 1 is 1.60 bits per heavy atom. The van der Waals surface area contributed by atoms with Gasteiger partial charge in [-0.2, -0.15) is 0 Å². The molecule has 0 bridgehead atoms. The summed E-state index contributed by atoms with van der Waals surface area (Å²) in [5, 5.41) is 16.9. The number of hydrogen-bond donors (Lipinski definition) is 1. The normalized spacial score (nSPS) is 24.1. The van der Waals surface area contributed by atoms with E-state index in [0.717, 1.165) is 24.6 Å². The Labute approximate surface area is 88.1 Å². The van der Waals surface area contributed by atoms with Gasteiger partial charge in [-0.15, -0.1) is 10.2 Å². The lowest BCUT2D eigenvalue weighted by Crippen LogP contribution is -2.07. The SMILES string of the molecule is CCCn1c(C)nnc1C1CC1C(=O)O. The van der Waals surface area contributed by atoms with Crippen molar-refractivity contribution in [1.82, 2.24) is 14.8 Å². The monoisotopic (exact) mass is 209 g/mol. The molecule has 82 valence electrons. The maximum Gasteiger partial charge on any atom is 0.307 e. The summed E-state index contributed by atoms with van der Waals surface area (Å²) in [6.45, 7) is 4.87. The Hall–Kier alpha value is -1.39. The van der Waals surface area contributed by atoms with Gasteiger partial charge in [0.15, 0.2) is 0 Å². The molecule has 2 atom stereocenters. The van der Waals surface area contributed by atoms with E-state index in [0.29, 0.717) is 6.42 Å². The second kappa shape index (κ2) is 3.64. The van der Waals surface area contributed by atoms with E-state index in [9.17, 15) is 4.79 Å². The van der Waals surface area contributed by atoms with Crippen molar-refractivity contribution in [3.63, 3.8) is 0 Å². The van der Waals surface area contributed by atoms with Gasteiger partial charge in [0.2, 0.25) is 0 Å². The molecule has 0 amide bonds. The summed E-state index contributed by atoms with van der Waals surface area (Å²) in [6.07, 6.45) is 1.72. The minimum Gasteiger partial charge on any atom is -0.481 e. The summed E-state index contributed by atoms with van der Waals surface area (Å²) in [5.41, 5.74) is 0. The van der Waals surface area contributed by atoms with Crippen LogP contribution in [0.4, 0.5) is 0 Å². The van der Waals surface area contributed by atoms with Gasteiger partial charge in [-0.05, 0) is 19.8 Å². The highest BCUT2D eigenvalue weighted by Gasteiger charge is 2.47. The molecule has 15 heavy (non-hydrogen) atoms. The number of carboxylic acid groups (broad SMARTS) is 1. The summed E-state index contributed by atoms with van der Waals surface area (Å²) >= 11 is 0. The zero-order chi connectivity index (χ0) is 11.0. The van der Waals surface area contributed by atoms with Gasteiger partial charge in [0.05, 0.1) is 5.92 Å². The molecule has 1 heterocycles. The minimum absolute atomic E-state index is 0.0789. The second-order valence-corrected chi connectivity index (χ2v) is 4.04. The standard InChI is InChI=1S/C10H15N3O2/c1-3-4-13-6(2)11-12-9(13)7-5-8(7)10(14)15/h7-8H,3-5H2,1-2H3,(H,14,15). The number of aromatic nitrogens is 3. The van der Waals surface area contributed by atoms with Crippen molar-refractivity contribution in [2.75, 3.05) is 0 Å². The van der Waals surface area contributed by atoms with Gasteiger partial charge in [0, 0.05) is 12.5 Å². The molecule has 0 saturated heterocycles. The molecule has 1 fully saturated rings. The highest BCUT2D eigenvalue weighted by molar-refractivity contribution is 5.74. The van der Waals surface area contributed by atoms with Crippen LogP contribution in [0.2, 0.25) is 0 Å². The van der Waals surface area contributed by atoms with Crippen LogP contribution in [0.25, 0.3) is 0 Å². The van der Waals surface area contributed by atoms with E-state index >= 15 is 0 Å². The van der Waals surface area contributed by atoms with Crippen molar-refractivity contribution in [3.05, 3.63) is 11.6 Å². The fourth-order valence-corrected chi connectivity index (χ4v) is 1.92. The number of hydrogen-bond acceptors (Lipinski definition) is 3. The molecule has 1 N–H and O–H groups in total. The fourth-order valence-electron chi connectivity index (χ4n) is 1.92. The van der Waals surface area contributed by atoms with E-state index in [4.69, 9.17) is 5.11 Å². The molecule has 5 heteroatoms. The number of nitrogens with zero attached hydrogens (tertiary/aromatic N) is 3. The van der Waals surface area contributed by atoms with Crippen molar-refractivity contribution < 1.29 is 9.90 Å². The van der Waals surface area contributed by atoms with Crippen LogP contribution >= 0.6 is 0 Å². The van der Waals surface area contributed by atoms with E-state index in [1.165, 1.54) is 0 Å². The summed E-state index contributed by atoms with van der Waals surface area (Å²) in [6, 6.07) is 0. The van der Waals surface area contributed by atoms with Gasteiger partial charge in [-0.3, -0.25) is 4.79 Å². The molecule has 2 unspecified atom stereocenters. The molecular formula is C10H15N3O2. The van der Waals surface area contributed by atoms with Crippen LogP contribution in [-0.4, -0.2) is 25.8 Å².